The van der Waals surface area contributed by atoms with Gasteiger partial charge in [-0.05, 0) is 7.05 Å². The number of rotatable bonds is 7. The summed E-state index contributed by atoms with van der Waals surface area (Å²) in [4.78, 5) is 26.5. The Morgan fingerprint density at radius 2 is 1.95 bits per heavy atom. The molecule has 0 aromatic heterocycles. The predicted octanol–water partition coefficient (Wildman–Crippen LogP) is -0.444. The summed E-state index contributed by atoms with van der Waals surface area (Å²) in [6.07, 6.45) is 0. The molecule has 110 valence electrons. The number of piperazine rings is 1. The van der Waals surface area contributed by atoms with Crippen molar-refractivity contribution in [3.05, 3.63) is 0 Å². The van der Waals surface area contributed by atoms with Gasteiger partial charge in [0, 0.05) is 51.2 Å². The molecule has 6 nitrogen and oxygen atoms in total. The van der Waals surface area contributed by atoms with Crippen LogP contribution in [0, 0.1) is 0 Å². The molecule has 1 rings (SSSR count). The van der Waals surface area contributed by atoms with Crippen LogP contribution in [-0.4, -0.2) is 84.1 Å². The van der Waals surface area contributed by atoms with Crippen molar-refractivity contribution < 1.29 is 14.7 Å². The first-order valence-corrected chi connectivity index (χ1v) is 7.63. The van der Waals surface area contributed by atoms with Gasteiger partial charge in [-0.15, -0.1) is 0 Å². The van der Waals surface area contributed by atoms with Crippen LogP contribution >= 0.6 is 11.8 Å². The number of nitrogens with zero attached hydrogens (tertiary/aromatic N) is 2. The summed E-state index contributed by atoms with van der Waals surface area (Å²) in [6, 6.07) is -0.782. The summed E-state index contributed by atoms with van der Waals surface area (Å²) in [6.45, 7) is 6.65. The maximum Gasteiger partial charge on any atom is 0.327 e. The molecule has 1 aliphatic heterocycles. The highest BCUT2D eigenvalue weighted by Crippen LogP contribution is 2.06. The SMILES string of the molecule is CC(=O)N[C@@H](CSCCN1CCN(C)CC1)C(=O)O. The third-order valence-corrected chi connectivity index (χ3v) is 4.15. The minimum absolute atomic E-state index is 0.299. The smallest absolute Gasteiger partial charge is 0.327 e. The highest BCUT2D eigenvalue weighted by Gasteiger charge is 2.18. The Morgan fingerprint density at radius 1 is 1.32 bits per heavy atom. The molecule has 0 aromatic carbocycles. The summed E-state index contributed by atoms with van der Waals surface area (Å²) in [5, 5.41) is 11.4. The number of carbonyl (C=O) groups excluding carboxylic acids is 1. The molecule has 0 saturated carbocycles. The summed E-state index contributed by atoms with van der Waals surface area (Å²) < 4.78 is 0. The van der Waals surface area contributed by atoms with Gasteiger partial charge in [-0.2, -0.15) is 11.8 Å². The van der Waals surface area contributed by atoms with E-state index in [1.165, 1.54) is 6.92 Å². The first-order chi connectivity index (χ1) is 8.99. The molecule has 1 heterocycles. The molecule has 1 atom stereocenters. The normalized spacial score (nSPS) is 19.1. The Labute approximate surface area is 118 Å². The lowest BCUT2D eigenvalue weighted by molar-refractivity contribution is -0.140. The minimum Gasteiger partial charge on any atom is -0.480 e. The van der Waals surface area contributed by atoms with Crippen LogP contribution in [0.25, 0.3) is 0 Å². The first-order valence-electron chi connectivity index (χ1n) is 6.47. The van der Waals surface area contributed by atoms with Crippen molar-refractivity contribution >= 4 is 23.6 Å². The molecule has 0 aliphatic carbocycles. The first kappa shape index (κ1) is 16.3. The van der Waals surface area contributed by atoms with Gasteiger partial charge in [0.25, 0.3) is 0 Å². The number of carboxylic acid groups (broad SMARTS) is 1. The number of hydrogen-bond donors (Lipinski definition) is 2. The highest BCUT2D eigenvalue weighted by molar-refractivity contribution is 7.99. The molecule has 0 aromatic rings. The third kappa shape index (κ3) is 6.79. The number of hydrogen-bond acceptors (Lipinski definition) is 5. The van der Waals surface area contributed by atoms with Crippen LogP contribution in [0.15, 0.2) is 0 Å². The van der Waals surface area contributed by atoms with E-state index in [2.05, 4.69) is 22.2 Å². The molecule has 0 bridgehead atoms. The van der Waals surface area contributed by atoms with Gasteiger partial charge in [-0.25, -0.2) is 4.79 Å². The van der Waals surface area contributed by atoms with E-state index in [1.54, 1.807) is 11.8 Å². The number of aliphatic carboxylic acids is 1. The van der Waals surface area contributed by atoms with E-state index in [4.69, 9.17) is 5.11 Å². The van der Waals surface area contributed by atoms with Crippen LogP contribution < -0.4 is 5.32 Å². The molecule has 1 saturated heterocycles. The van der Waals surface area contributed by atoms with Crippen molar-refractivity contribution in [1.82, 2.24) is 15.1 Å². The van der Waals surface area contributed by atoms with Gasteiger partial charge in [-0.1, -0.05) is 0 Å². The van der Waals surface area contributed by atoms with E-state index < -0.39 is 12.0 Å². The minimum atomic E-state index is -0.970. The quantitative estimate of drug-likeness (QED) is 0.619. The van der Waals surface area contributed by atoms with Crippen molar-refractivity contribution in [2.45, 2.75) is 13.0 Å². The van der Waals surface area contributed by atoms with E-state index in [0.29, 0.717) is 5.75 Å². The summed E-state index contributed by atoms with van der Waals surface area (Å²) in [7, 11) is 2.12. The van der Waals surface area contributed by atoms with Crippen LogP contribution in [0.4, 0.5) is 0 Å². The van der Waals surface area contributed by atoms with E-state index in [-0.39, 0.29) is 5.91 Å². The molecule has 0 spiro atoms. The predicted molar refractivity (Wildman–Crippen MR) is 76.5 cm³/mol. The molecular formula is C12H23N3O3S. The van der Waals surface area contributed by atoms with E-state index in [9.17, 15) is 9.59 Å². The van der Waals surface area contributed by atoms with Crippen molar-refractivity contribution in [1.29, 1.82) is 0 Å². The van der Waals surface area contributed by atoms with Crippen molar-refractivity contribution in [2.75, 3.05) is 51.3 Å². The fourth-order valence-electron chi connectivity index (χ4n) is 1.89. The van der Waals surface area contributed by atoms with Crippen molar-refractivity contribution in [2.24, 2.45) is 0 Å². The second-order valence-electron chi connectivity index (χ2n) is 4.81. The van der Waals surface area contributed by atoms with Gasteiger partial charge < -0.3 is 15.3 Å². The zero-order chi connectivity index (χ0) is 14.3. The van der Waals surface area contributed by atoms with E-state index in [0.717, 1.165) is 38.5 Å². The molecular weight excluding hydrogens is 266 g/mol. The molecule has 7 heteroatoms. The molecule has 2 N–H and O–H groups in total. The number of amides is 1. The summed E-state index contributed by atoms with van der Waals surface area (Å²) >= 11 is 1.58. The van der Waals surface area contributed by atoms with Gasteiger partial charge >= 0.3 is 5.97 Å². The monoisotopic (exact) mass is 289 g/mol. The Morgan fingerprint density at radius 3 is 2.47 bits per heavy atom. The average molecular weight is 289 g/mol. The average Bonchev–Trinajstić information content (AvgIpc) is 2.34. The number of thioether (sulfide) groups is 1. The molecule has 19 heavy (non-hydrogen) atoms. The maximum absolute atomic E-state index is 10.9. The van der Waals surface area contributed by atoms with Crippen molar-refractivity contribution in [3.63, 3.8) is 0 Å². The second-order valence-corrected chi connectivity index (χ2v) is 5.96. The molecule has 1 amide bonds. The number of carbonyl (C=O) groups is 2. The highest BCUT2D eigenvalue weighted by atomic mass is 32.2. The number of carboxylic acids is 1. The fourth-order valence-corrected chi connectivity index (χ4v) is 2.90. The fraction of sp³-hybridized carbons (Fsp3) is 0.833. The molecule has 0 radical (unpaired) electrons. The molecule has 1 fully saturated rings. The third-order valence-electron chi connectivity index (χ3n) is 3.11. The van der Waals surface area contributed by atoms with Crippen LogP contribution in [0.2, 0.25) is 0 Å². The van der Waals surface area contributed by atoms with Gasteiger partial charge in [0.2, 0.25) is 5.91 Å². The second kappa shape index (κ2) is 8.39. The van der Waals surface area contributed by atoms with Crippen LogP contribution in [0.5, 0.6) is 0 Å². The van der Waals surface area contributed by atoms with Gasteiger partial charge in [0.15, 0.2) is 0 Å². The Kier molecular flexibility index (Phi) is 7.19. The zero-order valence-corrected chi connectivity index (χ0v) is 12.4. The number of nitrogens with one attached hydrogen (secondary N) is 1. The van der Waals surface area contributed by atoms with E-state index in [1.807, 2.05) is 0 Å². The Bertz CT molecular complexity index is 307. The topological polar surface area (TPSA) is 72.9 Å². The van der Waals surface area contributed by atoms with Gasteiger partial charge in [0.05, 0.1) is 0 Å². The molecule has 1 aliphatic rings. The summed E-state index contributed by atoms with van der Waals surface area (Å²) in [5.74, 6) is 0.0461. The Hall–Kier alpha value is -0.790. The van der Waals surface area contributed by atoms with Crippen molar-refractivity contribution in [3.8, 4) is 0 Å². The lowest BCUT2D eigenvalue weighted by Crippen LogP contribution is -2.45. The van der Waals surface area contributed by atoms with Gasteiger partial charge in [-0.3, -0.25) is 9.69 Å². The largest absolute Gasteiger partial charge is 0.480 e. The lowest BCUT2D eigenvalue weighted by atomic mass is 10.3. The Balaban J connectivity index is 2.14. The van der Waals surface area contributed by atoms with Crippen LogP contribution in [0.1, 0.15) is 6.92 Å². The van der Waals surface area contributed by atoms with Crippen LogP contribution in [0.3, 0.4) is 0 Å². The standard InChI is InChI=1S/C12H23N3O3S/c1-10(16)13-11(12(17)18)9-19-8-7-15-5-3-14(2)4-6-15/h11H,3-9H2,1-2H3,(H,13,16)(H,17,18)/t11-/m0/s1. The van der Waals surface area contributed by atoms with Gasteiger partial charge in [0.1, 0.15) is 6.04 Å². The zero-order valence-electron chi connectivity index (χ0n) is 11.6. The van der Waals surface area contributed by atoms with Crippen LogP contribution in [-0.2, 0) is 9.59 Å². The van der Waals surface area contributed by atoms with E-state index >= 15 is 0 Å². The lowest BCUT2D eigenvalue weighted by Gasteiger charge is -2.32. The number of likely N-dealkylation sites (N-methyl/N-ethyl adjacent to an activating group) is 1. The molecule has 0 unspecified atom stereocenters. The maximum atomic E-state index is 10.9. The summed E-state index contributed by atoms with van der Waals surface area (Å²) in [5.41, 5.74) is 0.